The first-order valence-electron chi connectivity index (χ1n) is 23.7. The van der Waals surface area contributed by atoms with Gasteiger partial charge in [0.25, 0.3) is 0 Å². The zero-order chi connectivity index (χ0) is 45.9. The van der Waals surface area contributed by atoms with Gasteiger partial charge >= 0.3 is 0 Å². The summed E-state index contributed by atoms with van der Waals surface area (Å²) in [6.45, 7) is 19.1. The van der Waals surface area contributed by atoms with Crippen molar-refractivity contribution in [3.8, 4) is 0 Å². The predicted molar refractivity (Wildman–Crippen MR) is 294 cm³/mol. The van der Waals surface area contributed by atoms with E-state index < -0.39 is 16.1 Å². The third-order valence-corrected chi connectivity index (χ3v) is 18.2. The van der Waals surface area contributed by atoms with Crippen molar-refractivity contribution in [2.75, 3.05) is 9.80 Å². The molecule has 2 heterocycles. The van der Waals surface area contributed by atoms with E-state index in [1.807, 2.05) is 0 Å². The molecule has 12 rings (SSSR count). The van der Waals surface area contributed by atoms with Crippen LogP contribution in [0.2, 0.25) is 39.3 Å². The van der Waals surface area contributed by atoms with Gasteiger partial charge < -0.3 is 18.6 Å². The Morgan fingerprint density at radius 1 is 0.373 bits per heavy atom. The summed E-state index contributed by atoms with van der Waals surface area (Å²) in [5, 5.41) is 14.7. The fourth-order valence-corrected chi connectivity index (χ4v) is 12.9. The van der Waals surface area contributed by atoms with E-state index in [-0.39, 0.29) is 5.92 Å². The molecule has 4 nitrogen and oxygen atoms in total. The Bertz CT molecular complexity index is 3870. The van der Waals surface area contributed by atoms with Crippen LogP contribution in [0, 0.1) is 0 Å². The Kier molecular flexibility index (Phi) is 9.38. The summed E-state index contributed by atoms with van der Waals surface area (Å²) in [6.07, 6.45) is 0. The predicted octanol–water partition coefficient (Wildman–Crippen LogP) is 17.5. The summed E-state index contributed by atoms with van der Waals surface area (Å²) in [6, 6.07) is 65.2. The van der Waals surface area contributed by atoms with Gasteiger partial charge in [0.05, 0.1) is 38.9 Å². The average molecular weight is 903 g/mol. The second kappa shape index (κ2) is 15.2. The second-order valence-electron chi connectivity index (χ2n) is 20.7. The summed E-state index contributed by atoms with van der Waals surface area (Å²) < 4.78 is 13.7. The van der Waals surface area contributed by atoms with Crippen molar-refractivity contribution >= 4 is 137 Å². The van der Waals surface area contributed by atoms with Gasteiger partial charge in [-0.25, -0.2) is 0 Å². The van der Waals surface area contributed by atoms with Crippen molar-refractivity contribution in [1.29, 1.82) is 0 Å². The topological polar surface area (TPSA) is 32.8 Å². The Labute approximate surface area is 394 Å². The summed E-state index contributed by atoms with van der Waals surface area (Å²) in [5.74, 6) is 0.257. The van der Waals surface area contributed by atoms with Crippen LogP contribution in [0.3, 0.4) is 0 Å². The first-order valence-corrected chi connectivity index (χ1v) is 30.7. The van der Waals surface area contributed by atoms with E-state index in [2.05, 4.69) is 239 Å². The van der Waals surface area contributed by atoms with Gasteiger partial charge in [-0.1, -0.05) is 179 Å². The molecule has 10 aromatic carbocycles. The number of furan rings is 2. The molecule has 0 saturated heterocycles. The molecule has 0 aliphatic carbocycles. The number of hydrogen-bond acceptors (Lipinski definition) is 4. The molecule has 0 bridgehead atoms. The molecule has 0 N–H and O–H groups in total. The number of benzene rings is 10. The third-order valence-electron chi connectivity index (χ3n) is 14.1. The van der Waals surface area contributed by atoms with Crippen molar-refractivity contribution < 1.29 is 8.83 Å². The van der Waals surface area contributed by atoms with Crippen LogP contribution in [0.15, 0.2) is 185 Å². The Hall–Kier alpha value is -7.13. The lowest BCUT2D eigenvalue weighted by atomic mass is 9.86. The number of anilines is 6. The van der Waals surface area contributed by atoms with E-state index in [0.29, 0.717) is 0 Å². The molecule has 0 aliphatic rings. The summed E-state index contributed by atoms with van der Waals surface area (Å²) in [5.41, 5.74) is 11.3. The number of hydrogen-bond donors (Lipinski definition) is 0. The van der Waals surface area contributed by atoms with Crippen LogP contribution in [0.5, 0.6) is 0 Å². The third kappa shape index (κ3) is 6.60. The molecule has 12 aromatic rings. The van der Waals surface area contributed by atoms with Crippen LogP contribution in [-0.4, -0.2) is 16.1 Å². The Morgan fingerprint density at radius 2 is 0.821 bits per heavy atom. The lowest BCUT2D eigenvalue weighted by Crippen LogP contribution is -2.37. The monoisotopic (exact) mass is 902 g/mol. The smallest absolute Gasteiger partial charge is 0.159 e. The van der Waals surface area contributed by atoms with Gasteiger partial charge in [0, 0.05) is 43.7 Å². The number of para-hydroxylation sites is 4. The van der Waals surface area contributed by atoms with Gasteiger partial charge in [-0.2, -0.15) is 0 Å². The van der Waals surface area contributed by atoms with E-state index >= 15 is 0 Å². The van der Waals surface area contributed by atoms with Crippen molar-refractivity contribution in [1.82, 2.24) is 0 Å². The molecule has 0 unspecified atom stereocenters. The molecule has 67 heavy (non-hydrogen) atoms. The molecule has 0 amide bonds. The number of nitrogens with zero attached hydrogens (tertiary/aromatic N) is 2. The minimum atomic E-state index is -1.57. The van der Waals surface area contributed by atoms with Crippen molar-refractivity contribution in [2.24, 2.45) is 0 Å². The van der Waals surface area contributed by atoms with E-state index in [9.17, 15) is 0 Å². The molecular formula is C61H54N2O2Si2. The van der Waals surface area contributed by atoms with Crippen molar-refractivity contribution in [3.05, 3.63) is 181 Å². The highest BCUT2D eigenvalue weighted by atomic mass is 28.3. The van der Waals surface area contributed by atoms with Gasteiger partial charge in [0.2, 0.25) is 0 Å². The molecule has 0 saturated carbocycles. The zero-order valence-corrected chi connectivity index (χ0v) is 41.5. The van der Waals surface area contributed by atoms with Gasteiger partial charge in [-0.15, -0.1) is 0 Å². The minimum Gasteiger partial charge on any atom is -0.454 e. The van der Waals surface area contributed by atoms with Crippen LogP contribution in [-0.2, 0) is 0 Å². The summed E-state index contributed by atoms with van der Waals surface area (Å²) in [4.78, 5) is 4.90. The van der Waals surface area contributed by atoms with Crippen molar-refractivity contribution in [3.63, 3.8) is 0 Å². The molecule has 0 aliphatic heterocycles. The number of rotatable bonds is 9. The first kappa shape index (κ1) is 41.3. The zero-order valence-electron chi connectivity index (χ0n) is 39.5. The van der Waals surface area contributed by atoms with Gasteiger partial charge in [0.1, 0.15) is 11.2 Å². The SMILES string of the molecule is CC(C)c1cc(N(c2ccc([Si](C)(C)C)cc2)c2cccc3c2oc2ccccc23)c2ccc3ccc(N(c4ccc([Si](C)(C)C)cc4)c4cccc5c4oc4ccccc45)c4ccc1c2c34. The maximum Gasteiger partial charge on any atom is 0.159 e. The molecule has 0 fully saturated rings. The maximum absolute atomic E-state index is 6.84. The van der Waals surface area contributed by atoms with Crippen molar-refractivity contribution in [2.45, 2.75) is 59.0 Å². The normalized spacial score (nSPS) is 12.6. The molecule has 0 spiro atoms. The van der Waals surface area contributed by atoms with E-state index in [1.165, 1.54) is 48.3 Å². The fraction of sp³-hybridized carbons (Fsp3) is 0.148. The Balaban J connectivity index is 1.16. The summed E-state index contributed by atoms with van der Waals surface area (Å²) >= 11 is 0. The molecule has 2 aromatic heterocycles. The highest BCUT2D eigenvalue weighted by Crippen LogP contribution is 2.51. The first-order chi connectivity index (χ1) is 32.3. The second-order valence-corrected chi connectivity index (χ2v) is 30.9. The molecule has 0 atom stereocenters. The minimum absolute atomic E-state index is 0.257. The number of fused-ring (bicyclic) bond motifs is 6. The quantitative estimate of drug-likeness (QED) is 0.107. The van der Waals surface area contributed by atoms with E-state index in [4.69, 9.17) is 8.83 Å². The van der Waals surface area contributed by atoms with Crippen LogP contribution < -0.4 is 20.2 Å². The van der Waals surface area contributed by atoms with Gasteiger partial charge in [-0.3, -0.25) is 0 Å². The average Bonchev–Trinajstić information content (AvgIpc) is 3.91. The fourth-order valence-electron chi connectivity index (χ4n) is 10.6. The molecule has 328 valence electrons. The maximum atomic E-state index is 6.84. The van der Waals surface area contributed by atoms with Crippen LogP contribution in [0.25, 0.3) is 76.2 Å². The van der Waals surface area contributed by atoms with Gasteiger partial charge in [-0.05, 0) is 93.7 Å². The lowest BCUT2D eigenvalue weighted by Gasteiger charge is -2.31. The lowest BCUT2D eigenvalue weighted by molar-refractivity contribution is 0.669. The van der Waals surface area contributed by atoms with E-state index in [1.54, 1.807) is 0 Å². The summed E-state index contributed by atoms with van der Waals surface area (Å²) in [7, 11) is -3.14. The Morgan fingerprint density at radius 3 is 1.34 bits per heavy atom. The van der Waals surface area contributed by atoms with Gasteiger partial charge in [0.15, 0.2) is 11.2 Å². The van der Waals surface area contributed by atoms with Crippen LogP contribution in [0.1, 0.15) is 25.3 Å². The largest absolute Gasteiger partial charge is 0.454 e. The molecule has 0 radical (unpaired) electrons. The highest BCUT2D eigenvalue weighted by Gasteiger charge is 2.28. The standard InChI is InChI=1S/C61H54N2O2Si2/c1-38(2)51-37-55(63(41-27-31-43(32-28-41)67(6,7)8)54-20-14-18-48-45-16-10-12-22-57(45)65-61(48)54)50-33-23-39-24-36-52(49-35-34-46(51)59(50)58(39)49)62(40-25-29-42(30-26-40)66(3,4)5)53-19-13-17-47-44-15-9-11-21-56(44)64-60(47)53/h9-38H,1-8H3. The molecule has 6 heteroatoms. The van der Waals surface area contributed by atoms with E-state index in [0.717, 1.165) is 78.0 Å². The van der Waals surface area contributed by atoms with Crippen LogP contribution in [0.4, 0.5) is 34.1 Å². The molecular weight excluding hydrogens is 849 g/mol. The van der Waals surface area contributed by atoms with Crippen LogP contribution >= 0.6 is 0 Å². The highest BCUT2D eigenvalue weighted by molar-refractivity contribution is 6.89.